The maximum absolute atomic E-state index is 4.35. The van der Waals surface area contributed by atoms with Crippen LogP contribution in [0.5, 0.6) is 0 Å². The average Bonchev–Trinajstić information content (AvgIpc) is 2.94. The van der Waals surface area contributed by atoms with Gasteiger partial charge in [0.15, 0.2) is 0 Å². The van der Waals surface area contributed by atoms with E-state index >= 15 is 0 Å². The quantitative estimate of drug-likeness (QED) is 0.872. The van der Waals surface area contributed by atoms with Crippen molar-refractivity contribution in [1.82, 2.24) is 15.5 Å². The maximum atomic E-state index is 4.35. The monoisotopic (exact) mass is 275 g/mol. The Morgan fingerprint density at radius 1 is 1.11 bits per heavy atom. The van der Waals surface area contributed by atoms with Gasteiger partial charge in [0, 0.05) is 5.92 Å². The fraction of sp³-hybridized carbons (Fsp3) is 0.467. The molecule has 0 aliphatic carbocycles. The van der Waals surface area contributed by atoms with Crippen molar-refractivity contribution in [2.75, 3.05) is 6.54 Å². The minimum Gasteiger partial charge on any atom is -0.308 e. The van der Waals surface area contributed by atoms with Crippen molar-refractivity contribution in [2.45, 2.75) is 39.2 Å². The molecule has 0 spiro atoms. The summed E-state index contributed by atoms with van der Waals surface area (Å²) in [7, 11) is 0. The van der Waals surface area contributed by atoms with Crippen molar-refractivity contribution in [2.24, 2.45) is 0 Å². The molecule has 2 atom stereocenters. The molecule has 0 saturated carbocycles. The van der Waals surface area contributed by atoms with Gasteiger partial charge < -0.3 is 5.32 Å². The first-order chi connectivity index (χ1) is 9.22. The largest absolute Gasteiger partial charge is 0.308 e. The summed E-state index contributed by atoms with van der Waals surface area (Å²) < 4.78 is 0. The molecule has 19 heavy (non-hydrogen) atoms. The first kappa shape index (κ1) is 14.2. The molecule has 2 aromatic rings. The number of aromatic nitrogens is 2. The van der Waals surface area contributed by atoms with Gasteiger partial charge in [0.25, 0.3) is 0 Å². The Bertz CT molecular complexity index is 495. The predicted octanol–water partition coefficient (Wildman–Crippen LogP) is 3.75. The van der Waals surface area contributed by atoms with Gasteiger partial charge in [-0.25, -0.2) is 0 Å². The van der Waals surface area contributed by atoms with Crippen molar-refractivity contribution < 1.29 is 0 Å². The van der Waals surface area contributed by atoms with Crippen LogP contribution < -0.4 is 5.32 Å². The Morgan fingerprint density at radius 3 is 2.47 bits per heavy atom. The molecule has 0 saturated heterocycles. The zero-order valence-electron chi connectivity index (χ0n) is 11.8. The number of benzene rings is 1. The molecule has 2 unspecified atom stereocenters. The molecule has 3 nitrogen and oxygen atoms in total. The average molecular weight is 275 g/mol. The lowest BCUT2D eigenvalue weighted by Crippen LogP contribution is -2.19. The van der Waals surface area contributed by atoms with Gasteiger partial charge in [-0.1, -0.05) is 55.5 Å². The highest BCUT2D eigenvalue weighted by atomic mass is 32.1. The first-order valence-electron chi connectivity index (χ1n) is 6.84. The van der Waals surface area contributed by atoms with Crippen LogP contribution in [0.4, 0.5) is 0 Å². The Balaban J connectivity index is 2.08. The second-order valence-electron chi connectivity index (χ2n) is 4.79. The van der Waals surface area contributed by atoms with Crippen LogP contribution in [0.15, 0.2) is 30.3 Å². The van der Waals surface area contributed by atoms with Crippen molar-refractivity contribution in [3.8, 4) is 0 Å². The Morgan fingerprint density at radius 2 is 1.79 bits per heavy atom. The smallest absolute Gasteiger partial charge is 0.134 e. The van der Waals surface area contributed by atoms with E-state index in [0.717, 1.165) is 23.0 Å². The van der Waals surface area contributed by atoms with Crippen LogP contribution in [0.25, 0.3) is 0 Å². The minimum absolute atomic E-state index is 0.286. The van der Waals surface area contributed by atoms with Gasteiger partial charge in [-0.3, -0.25) is 0 Å². The van der Waals surface area contributed by atoms with E-state index in [1.165, 1.54) is 5.56 Å². The van der Waals surface area contributed by atoms with E-state index in [1.807, 2.05) is 6.07 Å². The number of rotatable bonds is 6. The lowest BCUT2D eigenvalue weighted by atomic mass is 10.0. The van der Waals surface area contributed by atoms with E-state index in [-0.39, 0.29) is 6.04 Å². The highest BCUT2D eigenvalue weighted by molar-refractivity contribution is 7.11. The Labute approximate surface area is 119 Å². The molecule has 1 heterocycles. The van der Waals surface area contributed by atoms with Gasteiger partial charge in [0.1, 0.15) is 10.0 Å². The van der Waals surface area contributed by atoms with Gasteiger partial charge in [0.2, 0.25) is 0 Å². The molecule has 0 aliphatic rings. The molecular formula is C15H21N3S. The summed E-state index contributed by atoms with van der Waals surface area (Å²) in [6.07, 6.45) is 1.14. The lowest BCUT2D eigenvalue weighted by Gasteiger charge is -2.09. The molecule has 0 fully saturated rings. The summed E-state index contributed by atoms with van der Waals surface area (Å²) >= 11 is 1.71. The van der Waals surface area contributed by atoms with E-state index in [0.29, 0.717) is 5.92 Å². The van der Waals surface area contributed by atoms with Crippen LogP contribution in [0.2, 0.25) is 0 Å². The molecule has 1 aromatic heterocycles. The zero-order chi connectivity index (χ0) is 13.7. The molecule has 0 amide bonds. The van der Waals surface area contributed by atoms with Crippen molar-refractivity contribution in [3.63, 3.8) is 0 Å². The van der Waals surface area contributed by atoms with Crippen molar-refractivity contribution in [1.29, 1.82) is 0 Å². The summed E-state index contributed by atoms with van der Waals surface area (Å²) in [5.41, 5.74) is 1.29. The number of hydrogen-bond donors (Lipinski definition) is 1. The summed E-state index contributed by atoms with van der Waals surface area (Å²) in [6.45, 7) is 7.52. The predicted molar refractivity (Wildman–Crippen MR) is 80.6 cm³/mol. The van der Waals surface area contributed by atoms with E-state index in [4.69, 9.17) is 0 Å². The van der Waals surface area contributed by atoms with E-state index < -0.39 is 0 Å². The molecular weight excluding hydrogens is 254 g/mol. The first-order valence-corrected chi connectivity index (χ1v) is 7.65. The molecule has 0 bridgehead atoms. The number of hydrogen-bond acceptors (Lipinski definition) is 4. The van der Waals surface area contributed by atoms with Gasteiger partial charge in [-0.2, -0.15) is 0 Å². The highest BCUT2D eigenvalue weighted by Crippen LogP contribution is 2.28. The van der Waals surface area contributed by atoms with Crippen LogP contribution in [0, 0.1) is 0 Å². The van der Waals surface area contributed by atoms with Crippen molar-refractivity contribution >= 4 is 11.3 Å². The second kappa shape index (κ2) is 6.78. The normalized spacial score (nSPS) is 14.3. The second-order valence-corrected chi connectivity index (χ2v) is 5.83. The van der Waals surface area contributed by atoms with E-state index in [9.17, 15) is 0 Å². The molecule has 1 N–H and O–H groups in total. The Kier molecular flexibility index (Phi) is 5.05. The van der Waals surface area contributed by atoms with E-state index in [2.05, 4.69) is 60.6 Å². The summed E-state index contributed by atoms with van der Waals surface area (Å²) in [4.78, 5) is 0. The maximum Gasteiger partial charge on any atom is 0.134 e. The zero-order valence-corrected chi connectivity index (χ0v) is 12.6. The minimum atomic E-state index is 0.286. The molecule has 2 rings (SSSR count). The standard InChI is InChI=1S/C15H21N3S/c1-4-10-16-12(3)15-18-17-14(19-15)11(2)13-8-6-5-7-9-13/h5-9,11-12,16H,4,10H2,1-3H3. The SMILES string of the molecule is CCCNC(C)c1nnc(C(C)c2ccccc2)s1. The van der Waals surface area contributed by atoms with Crippen LogP contribution in [-0.2, 0) is 0 Å². The molecule has 1 aromatic carbocycles. The topological polar surface area (TPSA) is 37.8 Å². The van der Waals surface area contributed by atoms with Crippen LogP contribution in [0.3, 0.4) is 0 Å². The third-order valence-corrected chi connectivity index (χ3v) is 4.49. The van der Waals surface area contributed by atoms with Crippen molar-refractivity contribution in [3.05, 3.63) is 45.9 Å². The van der Waals surface area contributed by atoms with Crippen LogP contribution in [0.1, 0.15) is 54.7 Å². The molecule has 102 valence electrons. The summed E-state index contributed by atoms with van der Waals surface area (Å²) in [5, 5.41) is 14.3. The lowest BCUT2D eigenvalue weighted by molar-refractivity contribution is 0.564. The third kappa shape index (κ3) is 3.61. The van der Waals surface area contributed by atoms with Crippen LogP contribution in [-0.4, -0.2) is 16.7 Å². The third-order valence-electron chi connectivity index (χ3n) is 3.20. The fourth-order valence-electron chi connectivity index (χ4n) is 1.93. The molecule has 0 aliphatic heterocycles. The number of nitrogens with one attached hydrogen (secondary N) is 1. The Hall–Kier alpha value is -1.26. The molecule has 0 radical (unpaired) electrons. The van der Waals surface area contributed by atoms with Gasteiger partial charge in [-0.15, -0.1) is 10.2 Å². The van der Waals surface area contributed by atoms with Gasteiger partial charge in [0.05, 0.1) is 6.04 Å². The number of nitrogens with zero attached hydrogens (tertiary/aromatic N) is 2. The molecule has 4 heteroatoms. The summed E-state index contributed by atoms with van der Waals surface area (Å²) in [6, 6.07) is 10.8. The van der Waals surface area contributed by atoms with E-state index in [1.54, 1.807) is 11.3 Å². The van der Waals surface area contributed by atoms with Gasteiger partial charge >= 0.3 is 0 Å². The van der Waals surface area contributed by atoms with Crippen LogP contribution >= 0.6 is 11.3 Å². The fourth-order valence-corrected chi connectivity index (χ4v) is 2.88. The van der Waals surface area contributed by atoms with Gasteiger partial charge in [-0.05, 0) is 25.5 Å². The summed E-state index contributed by atoms with van der Waals surface area (Å²) in [5.74, 6) is 0.311. The highest BCUT2D eigenvalue weighted by Gasteiger charge is 2.16.